The fraction of sp³-hybridized carbons (Fsp3) is 0.143. The number of benzene rings is 2. The van der Waals surface area contributed by atoms with Gasteiger partial charge in [0.15, 0.2) is 0 Å². The highest BCUT2D eigenvalue weighted by atomic mass is 35.5. The number of aryl methyl sites for hydroxylation is 3. The van der Waals surface area contributed by atoms with E-state index in [1.54, 1.807) is 13.0 Å². The number of anilines is 1. The van der Waals surface area contributed by atoms with Gasteiger partial charge in [-0.15, -0.1) is 0 Å². The van der Waals surface area contributed by atoms with Gasteiger partial charge in [-0.1, -0.05) is 40.9 Å². The minimum Gasteiger partial charge on any atom is -0.287 e. The van der Waals surface area contributed by atoms with Gasteiger partial charge in [-0.25, -0.2) is 13.4 Å². The molecule has 5 nitrogen and oxygen atoms in total. The third kappa shape index (κ3) is 4.61. The summed E-state index contributed by atoms with van der Waals surface area (Å²) in [5.74, 6) is -0.396. The molecule has 0 radical (unpaired) electrons. The Balaban J connectivity index is 2.06. The molecular weight excluding hydrogens is 431 g/mol. The van der Waals surface area contributed by atoms with Crippen LogP contribution in [0.15, 0.2) is 53.6 Å². The normalized spacial score (nSPS) is 11.3. The van der Waals surface area contributed by atoms with Gasteiger partial charge < -0.3 is 0 Å². The first-order chi connectivity index (χ1) is 13.6. The maximum absolute atomic E-state index is 13.1. The first kappa shape index (κ1) is 21.3. The number of carbonyl (C=O) groups is 1. The van der Waals surface area contributed by atoms with E-state index in [0.29, 0.717) is 16.1 Å². The van der Waals surface area contributed by atoms with Gasteiger partial charge in [-0.3, -0.25) is 9.52 Å². The van der Waals surface area contributed by atoms with Crippen molar-refractivity contribution in [2.75, 3.05) is 4.72 Å². The number of rotatable bonds is 5. The van der Waals surface area contributed by atoms with Gasteiger partial charge >= 0.3 is 0 Å². The van der Waals surface area contributed by atoms with Crippen LogP contribution in [0.2, 0.25) is 10.0 Å². The van der Waals surface area contributed by atoms with Gasteiger partial charge in [0.25, 0.3) is 10.0 Å². The number of pyridine rings is 1. The van der Waals surface area contributed by atoms with E-state index in [1.807, 2.05) is 26.0 Å². The average Bonchev–Trinajstić information content (AvgIpc) is 2.65. The molecule has 0 aliphatic rings. The van der Waals surface area contributed by atoms with Gasteiger partial charge in [-0.2, -0.15) is 0 Å². The number of hydrogen-bond donors (Lipinski definition) is 1. The van der Waals surface area contributed by atoms with Crippen molar-refractivity contribution in [2.45, 2.75) is 25.7 Å². The maximum atomic E-state index is 13.1. The SMILES string of the molecule is Cc1ccc(C)c(C(=O)c2ncc(Cl)cc2NS(=O)(=O)c2ccc(Cl)c(C)c2)c1. The Morgan fingerprint density at radius 1 is 0.966 bits per heavy atom. The summed E-state index contributed by atoms with van der Waals surface area (Å²) in [6.07, 6.45) is 1.31. The maximum Gasteiger partial charge on any atom is 0.261 e. The van der Waals surface area contributed by atoms with Crippen LogP contribution in [0.5, 0.6) is 0 Å². The van der Waals surface area contributed by atoms with E-state index in [2.05, 4.69) is 9.71 Å². The summed E-state index contributed by atoms with van der Waals surface area (Å²) in [7, 11) is -3.99. The smallest absolute Gasteiger partial charge is 0.261 e. The average molecular weight is 449 g/mol. The standard InChI is InChI=1S/C21H18Cl2N2O3S/c1-12-4-5-13(2)17(8-12)21(26)20-19(10-15(22)11-24-20)25-29(27,28)16-6-7-18(23)14(3)9-16/h4-11,25H,1-3H3. The zero-order chi connectivity index (χ0) is 21.3. The number of nitrogens with zero attached hydrogens (tertiary/aromatic N) is 1. The van der Waals surface area contributed by atoms with Crippen LogP contribution < -0.4 is 4.72 Å². The molecule has 0 atom stereocenters. The lowest BCUT2D eigenvalue weighted by atomic mass is 9.99. The third-order valence-electron chi connectivity index (χ3n) is 4.39. The minimum absolute atomic E-state index is 0.0102. The number of sulfonamides is 1. The summed E-state index contributed by atoms with van der Waals surface area (Å²) in [6.45, 7) is 5.39. The van der Waals surface area contributed by atoms with Crippen molar-refractivity contribution < 1.29 is 13.2 Å². The largest absolute Gasteiger partial charge is 0.287 e. The first-order valence-corrected chi connectivity index (χ1v) is 10.9. The second-order valence-electron chi connectivity index (χ2n) is 6.71. The molecule has 0 spiro atoms. The highest BCUT2D eigenvalue weighted by Crippen LogP contribution is 2.27. The zero-order valence-corrected chi connectivity index (χ0v) is 18.3. The number of aromatic nitrogens is 1. The monoisotopic (exact) mass is 448 g/mol. The molecular formula is C21H18Cl2N2O3S. The summed E-state index contributed by atoms with van der Waals surface area (Å²) >= 11 is 12.0. The van der Waals surface area contributed by atoms with Crippen molar-refractivity contribution in [2.24, 2.45) is 0 Å². The molecule has 0 unspecified atom stereocenters. The van der Waals surface area contributed by atoms with Crippen LogP contribution in [-0.4, -0.2) is 19.2 Å². The van der Waals surface area contributed by atoms with Crippen LogP contribution in [0.1, 0.15) is 32.7 Å². The molecule has 3 rings (SSSR count). The number of halogens is 2. The van der Waals surface area contributed by atoms with Crippen LogP contribution in [0.3, 0.4) is 0 Å². The van der Waals surface area contributed by atoms with Gasteiger partial charge in [-0.05, 0) is 62.2 Å². The van der Waals surface area contributed by atoms with E-state index in [0.717, 1.165) is 11.1 Å². The Morgan fingerprint density at radius 2 is 1.69 bits per heavy atom. The molecule has 0 saturated heterocycles. The van der Waals surface area contributed by atoms with E-state index in [4.69, 9.17) is 23.2 Å². The van der Waals surface area contributed by atoms with Gasteiger partial charge in [0, 0.05) is 16.8 Å². The predicted octanol–water partition coefficient (Wildman–Crippen LogP) is 5.35. The molecule has 0 aliphatic carbocycles. The summed E-state index contributed by atoms with van der Waals surface area (Å²) in [5.41, 5.74) is 2.72. The molecule has 0 aliphatic heterocycles. The summed E-state index contributed by atoms with van der Waals surface area (Å²) in [6, 6.07) is 11.2. The van der Waals surface area contributed by atoms with Crippen molar-refractivity contribution >= 4 is 44.7 Å². The molecule has 0 bridgehead atoms. The topological polar surface area (TPSA) is 76.1 Å². The Labute approximate surface area is 179 Å². The summed E-state index contributed by atoms with van der Waals surface area (Å²) < 4.78 is 28.2. The Morgan fingerprint density at radius 3 is 2.38 bits per heavy atom. The predicted molar refractivity (Wildman–Crippen MR) is 116 cm³/mol. The number of nitrogens with one attached hydrogen (secondary N) is 1. The Hall–Kier alpha value is -2.41. The first-order valence-electron chi connectivity index (χ1n) is 8.65. The van der Waals surface area contributed by atoms with E-state index in [9.17, 15) is 13.2 Å². The van der Waals surface area contributed by atoms with Crippen LogP contribution in [0.25, 0.3) is 0 Å². The quantitative estimate of drug-likeness (QED) is 0.533. The van der Waals surface area contributed by atoms with Crippen LogP contribution in [0.4, 0.5) is 5.69 Å². The second kappa shape index (κ2) is 8.14. The number of hydrogen-bond acceptors (Lipinski definition) is 4. The highest BCUT2D eigenvalue weighted by molar-refractivity contribution is 7.92. The highest BCUT2D eigenvalue weighted by Gasteiger charge is 2.23. The van der Waals surface area contributed by atoms with Crippen molar-refractivity contribution in [1.29, 1.82) is 0 Å². The number of ketones is 1. The van der Waals surface area contributed by atoms with E-state index >= 15 is 0 Å². The van der Waals surface area contributed by atoms with E-state index in [-0.39, 0.29) is 21.3 Å². The number of carbonyl (C=O) groups excluding carboxylic acids is 1. The molecule has 2 aromatic carbocycles. The van der Waals surface area contributed by atoms with Gasteiger partial charge in [0.2, 0.25) is 5.78 Å². The molecule has 29 heavy (non-hydrogen) atoms. The Kier molecular flexibility index (Phi) is 5.98. The van der Waals surface area contributed by atoms with Gasteiger partial charge in [0.05, 0.1) is 15.6 Å². The van der Waals surface area contributed by atoms with Crippen molar-refractivity contribution in [1.82, 2.24) is 4.98 Å². The van der Waals surface area contributed by atoms with Crippen molar-refractivity contribution in [3.63, 3.8) is 0 Å². The molecule has 0 amide bonds. The van der Waals surface area contributed by atoms with E-state index < -0.39 is 15.8 Å². The molecule has 3 aromatic rings. The molecule has 0 saturated carbocycles. The molecule has 0 fully saturated rings. The van der Waals surface area contributed by atoms with Crippen LogP contribution >= 0.6 is 23.2 Å². The lowest BCUT2D eigenvalue weighted by molar-refractivity contribution is 0.103. The molecule has 1 heterocycles. The third-order valence-corrected chi connectivity index (χ3v) is 6.39. The minimum atomic E-state index is -3.99. The fourth-order valence-corrected chi connectivity index (χ4v) is 4.21. The van der Waals surface area contributed by atoms with Crippen molar-refractivity contribution in [3.8, 4) is 0 Å². The summed E-state index contributed by atoms with van der Waals surface area (Å²) in [4.78, 5) is 17.2. The molecule has 1 N–H and O–H groups in total. The second-order valence-corrected chi connectivity index (χ2v) is 9.24. The van der Waals surface area contributed by atoms with Crippen LogP contribution in [0, 0.1) is 20.8 Å². The molecule has 150 valence electrons. The van der Waals surface area contributed by atoms with Crippen LogP contribution in [-0.2, 0) is 10.0 Å². The zero-order valence-electron chi connectivity index (χ0n) is 16.0. The Bertz CT molecular complexity index is 1220. The summed E-state index contributed by atoms with van der Waals surface area (Å²) in [5, 5.41) is 0.659. The lowest BCUT2D eigenvalue weighted by Crippen LogP contribution is -2.17. The molecule has 1 aromatic heterocycles. The van der Waals surface area contributed by atoms with Gasteiger partial charge in [0.1, 0.15) is 5.69 Å². The fourth-order valence-electron chi connectivity index (χ4n) is 2.79. The van der Waals surface area contributed by atoms with Crippen molar-refractivity contribution in [3.05, 3.63) is 86.7 Å². The van der Waals surface area contributed by atoms with E-state index in [1.165, 1.54) is 30.5 Å². The molecule has 8 heteroatoms. The lowest BCUT2D eigenvalue weighted by Gasteiger charge is -2.13.